The minimum Gasteiger partial charge on any atom is -0.366 e. The van der Waals surface area contributed by atoms with E-state index in [1.807, 2.05) is 0 Å². The summed E-state index contributed by atoms with van der Waals surface area (Å²) in [4.78, 5) is 22.4. The summed E-state index contributed by atoms with van der Waals surface area (Å²) in [7, 11) is 0. The van der Waals surface area contributed by atoms with E-state index in [2.05, 4.69) is 0 Å². The first-order chi connectivity index (χ1) is 10.4. The molecule has 0 unspecified atom stereocenters. The molecule has 2 aromatic carbocycles. The zero-order chi connectivity index (χ0) is 16.3. The molecule has 0 aromatic heterocycles. The zero-order valence-corrected chi connectivity index (χ0v) is 13.4. The van der Waals surface area contributed by atoms with Crippen molar-refractivity contribution < 1.29 is 9.72 Å². The van der Waals surface area contributed by atoms with Crippen LogP contribution in [0.5, 0.6) is 0 Å². The predicted octanol–water partition coefficient (Wildman–Crippen LogP) is 4.29. The van der Waals surface area contributed by atoms with E-state index < -0.39 is 10.8 Å². The minimum absolute atomic E-state index is 0.0937. The maximum Gasteiger partial charge on any atom is 0.274 e. The second-order valence-electron chi connectivity index (χ2n) is 4.30. The van der Waals surface area contributed by atoms with E-state index in [0.29, 0.717) is 26.3 Å². The summed E-state index contributed by atoms with van der Waals surface area (Å²) in [5.41, 5.74) is 5.52. The Kier molecular flexibility index (Phi) is 5.28. The molecule has 114 valence electrons. The van der Waals surface area contributed by atoms with Gasteiger partial charge in [-0.05, 0) is 18.2 Å². The Hall–Kier alpha value is -1.76. The fourth-order valence-corrected chi connectivity index (χ4v) is 3.46. The number of nitrogens with two attached hydrogens (primary N) is 1. The number of nitro benzene ring substituents is 1. The number of hydrogen-bond donors (Lipinski definition) is 1. The lowest BCUT2D eigenvalue weighted by molar-refractivity contribution is -0.385. The molecular formula is C14H10Cl2N2O3S. The molecule has 0 aliphatic rings. The maximum atomic E-state index is 11.1. The number of thioether (sulfide) groups is 1. The molecule has 0 saturated heterocycles. The lowest BCUT2D eigenvalue weighted by atomic mass is 10.1. The number of carbonyl (C=O) groups is 1. The number of nitrogens with zero attached hydrogens (tertiary/aromatic N) is 1. The summed E-state index contributed by atoms with van der Waals surface area (Å²) in [6.07, 6.45) is 0. The van der Waals surface area contributed by atoms with Crippen molar-refractivity contribution in [2.24, 2.45) is 5.73 Å². The lowest BCUT2D eigenvalue weighted by Gasteiger charge is -2.07. The van der Waals surface area contributed by atoms with Crippen molar-refractivity contribution in [1.29, 1.82) is 0 Å². The number of benzene rings is 2. The van der Waals surface area contributed by atoms with E-state index in [1.165, 1.54) is 30.0 Å². The van der Waals surface area contributed by atoms with Crippen molar-refractivity contribution in [3.63, 3.8) is 0 Å². The van der Waals surface area contributed by atoms with Gasteiger partial charge in [-0.25, -0.2) is 0 Å². The molecule has 1 amide bonds. The van der Waals surface area contributed by atoms with Gasteiger partial charge in [-0.2, -0.15) is 0 Å². The average molecular weight is 357 g/mol. The van der Waals surface area contributed by atoms with Gasteiger partial charge in [-0.3, -0.25) is 14.9 Å². The minimum atomic E-state index is -0.712. The van der Waals surface area contributed by atoms with Crippen molar-refractivity contribution in [3.8, 4) is 0 Å². The molecule has 0 saturated carbocycles. The van der Waals surface area contributed by atoms with Crippen LogP contribution < -0.4 is 5.73 Å². The van der Waals surface area contributed by atoms with Crippen LogP contribution in [-0.4, -0.2) is 10.8 Å². The normalized spacial score (nSPS) is 10.5. The molecule has 0 aliphatic carbocycles. The second kappa shape index (κ2) is 7.00. The highest BCUT2D eigenvalue weighted by Gasteiger charge is 2.17. The Morgan fingerprint density at radius 1 is 1.23 bits per heavy atom. The van der Waals surface area contributed by atoms with Gasteiger partial charge in [0.15, 0.2) is 0 Å². The smallest absolute Gasteiger partial charge is 0.274 e. The van der Waals surface area contributed by atoms with Crippen LogP contribution in [0.25, 0.3) is 0 Å². The molecule has 5 nitrogen and oxygen atoms in total. The van der Waals surface area contributed by atoms with Crippen LogP contribution in [0.4, 0.5) is 5.69 Å². The molecule has 0 atom stereocenters. The van der Waals surface area contributed by atoms with Crippen LogP contribution >= 0.6 is 35.0 Å². The monoisotopic (exact) mass is 356 g/mol. The van der Waals surface area contributed by atoms with E-state index in [9.17, 15) is 14.9 Å². The van der Waals surface area contributed by atoms with E-state index in [1.54, 1.807) is 18.2 Å². The van der Waals surface area contributed by atoms with Crippen molar-refractivity contribution >= 4 is 46.6 Å². The molecule has 2 rings (SSSR count). The third-order valence-corrected chi connectivity index (χ3v) is 4.90. The summed E-state index contributed by atoms with van der Waals surface area (Å²) in [5, 5.41) is 12.1. The molecule has 0 fully saturated rings. The van der Waals surface area contributed by atoms with Crippen LogP contribution in [0.3, 0.4) is 0 Å². The fourth-order valence-electron chi connectivity index (χ4n) is 1.78. The zero-order valence-electron chi connectivity index (χ0n) is 11.1. The second-order valence-corrected chi connectivity index (χ2v) is 6.10. The van der Waals surface area contributed by atoms with Crippen molar-refractivity contribution in [3.05, 3.63) is 67.7 Å². The van der Waals surface area contributed by atoms with Gasteiger partial charge in [-0.15, -0.1) is 11.8 Å². The highest BCUT2D eigenvalue weighted by Crippen LogP contribution is 2.37. The number of nitro groups is 1. The molecule has 22 heavy (non-hydrogen) atoms. The summed E-state index contributed by atoms with van der Waals surface area (Å²) < 4.78 is 0. The van der Waals surface area contributed by atoms with E-state index in [4.69, 9.17) is 28.9 Å². The Morgan fingerprint density at radius 2 is 1.86 bits per heavy atom. The SMILES string of the molecule is NC(=O)c1ccc(CSc2c(Cl)cccc2Cl)c([N+](=O)[O-])c1. The topological polar surface area (TPSA) is 86.2 Å². The molecule has 2 N–H and O–H groups in total. The number of amides is 1. The highest BCUT2D eigenvalue weighted by molar-refractivity contribution is 7.98. The quantitative estimate of drug-likeness (QED) is 0.491. The Bertz CT molecular complexity index is 733. The van der Waals surface area contributed by atoms with E-state index in [-0.39, 0.29) is 11.3 Å². The standard InChI is InChI=1S/C14H10Cl2N2O3S/c15-10-2-1-3-11(16)13(10)22-7-9-5-4-8(14(17)19)6-12(9)18(20)21/h1-6H,7H2,(H2,17,19). The summed E-state index contributed by atoms with van der Waals surface area (Å²) >= 11 is 13.4. The average Bonchev–Trinajstić information content (AvgIpc) is 2.46. The van der Waals surface area contributed by atoms with Gasteiger partial charge in [0.2, 0.25) is 5.91 Å². The fraction of sp³-hybridized carbons (Fsp3) is 0.0714. The van der Waals surface area contributed by atoms with Crippen LogP contribution in [0.1, 0.15) is 15.9 Å². The summed E-state index contributed by atoms with van der Waals surface area (Å²) in [6, 6.07) is 9.25. The molecule has 0 radical (unpaired) electrons. The number of carbonyl (C=O) groups excluding carboxylic acids is 1. The van der Waals surface area contributed by atoms with Crippen LogP contribution in [0.2, 0.25) is 10.0 Å². The van der Waals surface area contributed by atoms with Crippen LogP contribution in [-0.2, 0) is 5.75 Å². The Balaban J connectivity index is 2.30. The van der Waals surface area contributed by atoms with Gasteiger partial charge in [0.25, 0.3) is 5.69 Å². The number of rotatable bonds is 5. The number of hydrogen-bond acceptors (Lipinski definition) is 4. The van der Waals surface area contributed by atoms with E-state index in [0.717, 1.165) is 0 Å². The Morgan fingerprint density at radius 3 is 2.41 bits per heavy atom. The van der Waals surface area contributed by atoms with Crippen LogP contribution in [0.15, 0.2) is 41.3 Å². The maximum absolute atomic E-state index is 11.1. The van der Waals surface area contributed by atoms with Crippen molar-refractivity contribution in [2.75, 3.05) is 0 Å². The van der Waals surface area contributed by atoms with Gasteiger partial charge < -0.3 is 5.73 Å². The van der Waals surface area contributed by atoms with E-state index >= 15 is 0 Å². The molecule has 0 heterocycles. The van der Waals surface area contributed by atoms with Gasteiger partial charge in [0.05, 0.1) is 15.0 Å². The highest BCUT2D eigenvalue weighted by atomic mass is 35.5. The molecule has 8 heteroatoms. The third-order valence-electron chi connectivity index (χ3n) is 2.86. The molecule has 0 bridgehead atoms. The van der Waals surface area contributed by atoms with Crippen molar-refractivity contribution in [1.82, 2.24) is 0 Å². The summed E-state index contributed by atoms with van der Waals surface area (Å²) in [5.74, 6) is -0.421. The molecule has 0 aliphatic heterocycles. The Labute approximate surface area is 140 Å². The predicted molar refractivity (Wildman–Crippen MR) is 87.6 cm³/mol. The summed E-state index contributed by atoms with van der Waals surface area (Å²) in [6.45, 7) is 0. The van der Waals surface area contributed by atoms with Crippen LogP contribution in [0, 0.1) is 10.1 Å². The number of halogens is 2. The first-order valence-electron chi connectivity index (χ1n) is 6.04. The third kappa shape index (κ3) is 3.71. The van der Waals surface area contributed by atoms with Gasteiger partial charge in [0, 0.05) is 27.8 Å². The van der Waals surface area contributed by atoms with Gasteiger partial charge in [0.1, 0.15) is 0 Å². The van der Waals surface area contributed by atoms with Gasteiger partial charge in [-0.1, -0.05) is 35.3 Å². The van der Waals surface area contributed by atoms with Crippen molar-refractivity contribution in [2.45, 2.75) is 10.6 Å². The molecule has 2 aromatic rings. The van der Waals surface area contributed by atoms with Gasteiger partial charge >= 0.3 is 0 Å². The number of primary amides is 1. The molecule has 0 spiro atoms. The largest absolute Gasteiger partial charge is 0.366 e. The lowest BCUT2D eigenvalue weighted by Crippen LogP contribution is -2.11. The molecular weight excluding hydrogens is 347 g/mol. The first-order valence-corrected chi connectivity index (χ1v) is 7.78. The first kappa shape index (κ1) is 16.6.